The number of carbonyl (C=O) groups excluding carboxylic acids is 1. The minimum Gasteiger partial charge on any atom is -0.409 e. The smallest absolute Gasteiger partial charge is 0.238 e. The molecule has 20 heavy (non-hydrogen) atoms. The maximum Gasteiger partial charge on any atom is 0.238 e. The van der Waals surface area contributed by atoms with Gasteiger partial charge in [0.25, 0.3) is 0 Å². The Kier molecular flexibility index (Phi) is 5.49. The summed E-state index contributed by atoms with van der Waals surface area (Å²) in [5.74, 6) is -1.60. The summed E-state index contributed by atoms with van der Waals surface area (Å²) in [5.41, 5.74) is 6.19. The first-order chi connectivity index (χ1) is 9.42. The zero-order valence-corrected chi connectivity index (χ0v) is 11.9. The van der Waals surface area contributed by atoms with E-state index in [2.05, 4.69) is 5.16 Å². The molecular formula is C14H20FN3O2. The first-order valence-electron chi connectivity index (χ1n) is 6.46. The second-order valence-electron chi connectivity index (χ2n) is 4.81. The van der Waals surface area contributed by atoms with E-state index in [4.69, 9.17) is 10.9 Å². The van der Waals surface area contributed by atoms with Gasteiger partial charge in [-0.05, 0) is 37.1 Å². The average molecular weight is 281 g/mol. The lowest BCUT2D eigenvalue weighted by atomic mass is 9.93. The van der Waals surface area contributed by atoms with E-state index < -0.39 is 5.92 Å². The Labute approximate surface area is 117 Å². The highest BCUT2D eigenvalue weighted by Crippen LogP contribution is 2.21. The average Bonchev–Trinajstić information content (AvgIpc) is 2.41. The van der Waals surface area contributed by atoms with E-state index in [0.29, 0.717) is 12.2 Å². The fourth-order valence-corrected chi connectivity index (χ4v) is 2.07. The largest absolute Gasteiger partial charge is 0.409 e. The summed E-state index contributed by atoms with van der Waals surface area (Å²) in [4.78, 5) is 14.1. The molecule has 0 aliphatic heterocycles. The van der Waals surface area contributed by atoms with Crippen LogP contribution in [0.5, 0.6) is 0 Å². The number of anilines is 1. The lowest BCUT2D eigenvalue weighted by Gasteiger charge is -2.27. The van der Waals surface area contributed by atoms with Crippen molar-refractivity contribution in [2.24, 2.45) is 22.7 Å². The highest BCUT2D eigenvalue weighted by atomic mass is 19.1. The molecule has 5 nitrogen and oxygen atoms in total. The van der Waals surface area contributed by atoms with Crippen LogP contribution in [-0.2, 0) is 4.79 Å². The van der Waals surface area contributed by atoms with Gasteiger partial charge in [0, 0.05) is 12.2 Å². The second kappa shape index (κ2) is 6.88. The molecule has 0 saturated heterocycles. The highest BCUT2D eigenvalue weighted by Gasteiger charge is 2.31. The van der Waals surface area contributed by atoms with Crippen molar-refractivity contribution in [3.8, 4) is 0 Å². The molecule has 0 aliphatic carbocycles. The predicted octanol–water partition coefficient (Wildman–Crippen LogP) is 2.20. The number of benzene rings is 1. The number of amidine groups is 1. The summed E-state index contributed by atoms with van der Waals surface area (Å²) < 4.78 is 12.9. The normalized spacial score (nSPS) is 13.3. The van der Waals surface area contributed by atoms with Crippen molar-refractivity contribution in [2.75, 3.05) is 11.4 Å². The van der Waals surface area contributed by atoms with Crippen molar-refractivity contribution in [1.82, 2.24) is 0 Å². The van der Waals surface area contributed by atoms with E-state index in [1.165, 1.54) is 29.2 Å². The van der Waals surface area contributed by atoms with Gasteiger partial charge in [0.2, 0.25) is 5.91 Å². The number of rotatable bonds is 5. The highest BCUT2D eigenvalue weighted by molar-refractivity contribution is 6.09. The Morgan fingerprint density at radius 3 is 2.35 bits per heavy atom. The Balaban J connectivity index is 3.10. The molecule has 1 atom stereocenters. The Morgan fingerprint density at radius 2 is 1.95 bits per heavy atom. The topological polar surface area (TPSA) is 78.9 Å². The van der Waals surface area contributed by atoms with Crippen LogP contribution in [0.15, 0.2) is 29.4 Å². The maximum absolute atomic E-state index is 12.9. The molecule has 0 fully saturated rings. The van der Waals surface area contributed by atoms with Crippen molar-refractivity contribution in [3.05, 3.63) is 30.1 Å². The number of nitrogens with two attached hydrogens (primary N) is 1. The first-order valence-corrected chi connectivity index (χ1v) is 6.46. The number of halogens is 1. The van der Waals surface area contributed by atoms with Gasteiger partial charge in [0.05, 0.1) is 0 Å². The molecule has 0 saturated carbocycles. The summed E-state index contributed by atoms with van der Waals surface area (Å²) in [5, 5.41) is 11.7. The quantitative estimate of drug-likeness (QED) is 0.376. The molecule has 1 rings (SSSR count). The summed E-state index contributed by atoms with van der Waals surface area (Å²) in [6.07, 6.45) is 0. The van der Waals surface area contributed by atoms with Crippen molar-refractivity contribution in [2.45, 2.75) is 20.8 Å². The SMILES string of the molecule is CCN(C(=O)C(C(N)=NO)C(C)C)c1ccc(F)cc1. The fraction of sp³-hybridized carbons (Fsp3) is 0.429. The van der Waals surface area contributed by atoms with E-state index in [1.807, 2.05) is 20.8 Å². The molecule has 1 amide bonds. The number of nitrogens with zero attached hydrogens (tertiary/aromatic N) is 2. The van der Waals surface area contributed by atoms with Gasteiger partial charge in [-0.25, -0.2) is 4.39 Å². The van der Waals surface area contributed by atoms with Gasteiger partial charge in [-0.15, -0.1) is 0 Å². The van der Waals surface area contributed by atoms with Crippen LogP contribution < -0.4 is 10.6 Å². The van der Waals surface area contributed by atoms with Crippen molar-refractivity contribution in [1.29, 1.82) is 0 Å². The van der Waals surface area contributed by atoms with E-state index in [1.54, 1.807) is 0 Å². The number of amides is 1. The number of oxime groups is 1. The third-order valence-electron chi connectivity index (χ3n) is 3.09. The molecule has 0 heterocycles. The monoisotopic (exact) mass is 281 g/mol. The van der Waals surface area contributed by atoms with Crippen LogP contribution in [0.2, 0.25) is 0 Å². The van der Waals surface area contributed by atoms with Gasteiger partial charge in [-0.2, -0.15) is 0 Å². The molecule has 0 radical (unpaired) electrons. The lowest BCUT2D eigenvalue weighted by Crippen LogP contribution is -2.44. The molecule has 1 aromatic carbocycles. The Morgan fingerprint density at radius 1 is 1.40 bits per heavy atom. The van der Waals surface area contributed by atoms with Crippen LogP contribution in [0.3, 0.4) is 0 Å². The molecule has 3 N–H and O–H groups in total. The van der Waals surface area contributed by atoms with E-state index >= 15 is 0 Å². The summed E-state index contributed by atoms with van der Waals surface area (Å²) in [7, 11) is 0. The van der Waals surface area contributed by atoms with Crippen LogP contribution in [0.25, 0.3) is 0 Å². The third kappa shape index (κ3) is 3.46. The van der Waals surface area contributed by atoms with Gasteiger partial charge in [-0.3, -0.25) is 4.79 Å². The number of hydrogen-bond acceptors (Lipinski definition) is 3. The van der Waals surface area contributed by atoms with E-state index in [-0.39, 0.29) is 23.5 Å². The molecule has 1 unspecified atom stereocenters. The minimum atomic E-state index is -0.718. The van der Waals surface area contributed by atoms with Gasteiger partial charge >= 0.3 is 0 Å². The number of hydrogen-bond donors (Lipinski definition) is 2. The lowest BCUT2D eigenvalue weighted by molar-refractivity contribution is -0.121. The standard InChI is InChI=1S/C14H20FN3O2/c1-4-18(11-7-5-10(15)6-8-11)14(19)12(9(2)3)13(16)17-20/h5-9,12,20H,4H2,1-3H3,(H2,16,17). The summed E-state index contributed by atoms with van der Waals surface area (Å²) in [6.45, 7) is 5.86. The molecule has 6 heteroatoms. The zero-order chi connectivity index (χ0) is 15.3. The van der Waals surface area contributed by atoms with Crippen LogP contribution >= 0.6 is 0 Å². The molecule has 110 valence electrons. The molecule has 0 bridgehead atoms. The molecule has 0 spiro atoms. The fourth-order valence-electron chi connectivity index (χ4n) is 2.07. The Hall–Kier alpha value is -2.11. The number of carbonyl (C=O) groups is 1. The minimum absolute atomic E-state index is 0.118. The van der Waals surface area contributed by atoms with Gasteiger partial charge in [0.15, 0.2) is 5.84 Å². The summed E-state index contributed by atoms with van der Waals surface area (Å²) in [6, 6.07) is 5.64. The third-order valence-corrected chi connectivity index (χ3v) is 3.09. The van der Waals surface area contributed by atoms with Crippen molar-refractivity contribution < 1.29 is 14.4 Å². The second-order valence-corrected chi connectivity index (χ2v) is 4.81. The first kappa shape index (κ1) is 15.9. The van der Waals surface area contributed by atoms with Crippen LogP contribution in [0.1, 0.15) is 20.8 Å². The van der Waals surface area contributed by atoms with Gasteiger partial charge in [-0.1, -0.05) is 19.0 Å². The zero-order valence-electron chi connectivity index (χ0n) is 11.9. The van der Waals surface area contributed by atoms with Gasteiger partial charge in [0.1, 0.15) is 11.7 Å². The summed E-state index contributed by atoms with van der Waals surface area (Å²) >= 11 is 0. The molecule has 0 aliphatic rings. The van der Waals surface area contributed by atoms with Crippen LogP contribution in [0.4, 0.5) is 10.1 Å². The maximum atomic E-state index is 12.9. The Bertz CT molecular complexity index is 486. The predicted molar refractivity (Wildman–Crippen MR) is 76.2 cm³/mol. The van der Waals surface area contributed by atoms with Gasteiger partial charge < -0.3 is 15.8 Å². The molecule has 1 aromatic rings. The van der Waals surface area contributed by atoms with E-state index in [0.717, 1.165) is 0 Å². The molecular weight excluding hydrogens is 261 g/mol. The van der Waals surface area contributed by atoms with Crippen LogP contribution in [-0.4, -0.2) is 23.5 Å². The van der Waals surface area contributed by atoms with E-state index in [9.17, 15) is 9.18 Å². The van der Waals surface area contributed by atoms with Crippen LogP contribution in [0, 0.1) is 17.7 Å². The van der Waals surface area contributed by atoms with Crippen molar-refractivity contribution >= 4 is 17.4 Å². The molecule has 0 aromatic heterocycles. The van der Waals surface area contributed by atoms with Crippen molar-refractivity contribution in [3.63, 3.8) is 0 Å².